The van der Waals surface area contributed by atoms with E-state index >= 15 is 0 Å². The lowest BCUT2D eigenvalue weighted by atomic mass is 10.1. The lowest BCUT2D eigenvalue weighted by molar-refractivity contribution is 0.624. The number of nitrogens with one attached hydrogen (secondary N) is 1. The zero-order valence-corrected chi connectivity index (χ0v) is 9.61. The maximum absolute atomic E-state index is 13.4. The van der Waals surface area contributed by atoms with Crippen LogP contribution >= 0.6 is 0 Å². The lowest BCUT2D eigenvalue weighted by Crippen LogP contribution is -1.97. The van der Waals surface area contributed by atoms with Crippen LogP contribution in [0, 0.1) is 34.3 Å². The van der Waals surface area contributed by atoms with E-state index in [1.165, 1.54) is 30.3 Å². The third-order valence-corrected chi connectivity index (χ3v) is 2.49. The first kappa shape index (κ1) is 12.5. The average Bonchev–Trinajstić information content (AvgIpc) is 2.39. The van der Waals surface area contributed by atoms with Crippen molar-refractivity contribution < 1.29 is 8.78 Å². The summed E-state index contributed by atoms with van der Waals surface area (Å²) in [5.74, 6) is -1.33. The Morgan fingerprint density at radius 3 is 2.37 bits per heavy atom. The Morgan fingerprint density at radius 1 is 0.947 bits per heavy atom. The van der Waals surface area contributed by atoms with Crippen LogP contribution in [-0.2, 0) is 0 Å². The van der Waals surface area contributed by atoms with Crippen molar-refractivity contribution >= 4 is 11.4 Å². The first-order chi connectivity index (χ1) is 9.15. The SMILES string of the molecule is N#Cc1ccc(Nc2cccc(F)c2C#N)cc1F. The predicted molar refractivity (Wildman–Crippen MR) is 65.5 cm³/mol. The Morgan fingerprint density at radius 2 is 1.74 bits per heavy atom. The van der Waals surface area contributed by atoms with Crippen LogP contribution in [-0.4, -0.2) is 0 Å². The molecule has 92 valence electrons. The molecule has 0 saturated heterocycles. The molecule has 1 N–H and O–H groups in total. The molecule has 0 fully saturated rings. The van der Waals surface area contributed by atoms with Gasteiger partial charge in [-0.3, -0.25) is 0 Å². The van der Waals surface area contributed by atoms with E-state index < -0.39 is 11.6 Å². The van der Waals surface area contributed by atoms with Crippen molar-refractivity contribution in [1.82, 2.24) is 0 Å². The Labute approximate surface area is 108 Å². The molecule has 2 rings (SSSR count). The van der Waals surface area contributed by atoms with E-state index in [1.54, 1.807) is 12.1 Å². The number of nitriles is 2. The van der Waals surface area contributed by atoms with Gasteiger partial charge in [0.15, 0.2) is 0 Å². The number of rotatable bonds is 2. The molecule has 0 amide bonds. The van der Waals surface area contributed by atoms with E-state index in [9.17, 15) is 8.78 Å². The van der Waals surface area contributed by atoms with Crippen molar-refractivity contribution in [2.45, 2.75) is 0 Å². The highest BCUT2D eigenvalue weighted by atomic mass is 19.1. The fourth-order valence-corrected chi connectivity index (χ4v) is 1.58. The fraction of sp³-hybridized carbons (Fsp3) is 0. The van der Waals surface area contributed by atoms with Gasteiger partial charge in [-0.05, 0) is 30.3 Å². The van der Waals surface area contributed by atoms with E-state index in [-0.39, 0.29) is 16.8 Å². The molecule has 0 bridgehead atoms. The third kappa shape index (κ3) is 2.51. The molecule has 19 heavy (non-hydrogen) atoms. The topological polar surface area (TPSA) is 59.6 Å². The summed E-state index contributed by atoms with van der Waals surface area (Å²) in [5, 5.41) is 20.2. The summed E-state index contributed by atoms with van der Waals surface area (Å²) in [6, 6.07) is 11.5. The van der Waals surface area contributed by atoms with Crippen LogP contribution in [0.5, 0.6) is 0 Å². The molecule has 0 heterocycles. The smallest absolute Gasteiger partial charge is 0.143 e. The Balaban J connectivity index is 2.38. The van der Waals surface area contributed by atoms with Gasteiger partial charge in [0.2, 0.25) is 0 Å². The Kier molecular flexibility index (Phi) is 3.40. The number of benzene rings is 2. The van der Waals surface area contributed by atoms with Crippen LogP contribution in [0.2, 0.25) is 0 Å². The molecule has 2 aromatic rings. The van der Waals surface area contributed by atoms with Crippen molar-refractivity contribution in [1.29, 1.82) is 10.5 Å². The molecule has 3 nitrogen and oxygen atoms in total. The first-order valence-electron chi connectivity index (χ1n) is 5.31. The predicted octanol–water partition coefficient (Wildman–Crippen LogP) is 3.45. The summed E-state index contributed by atoms with van der Waals surface area (Å²) < 4.78 is 26.8. The average molecular weight is 255 g/mol. The third-order valence-electron chi connectivity index (χ3n) is 2.49. The molecule has 0 aromatic heterocycles. The van der Waals surface area contributed by atoms with Crippen molar-refractivity contribution in [2.75, 3.05) is 5.32 Å². The normalized spacial score (nSPS) is 9.47. The number of hydrogen-bond donors (Lipinski definition) is 1. The van der Waals surface area contributed by atoms with E-state index in [1.807, 2.05) is 0 Å². The molecule has 0 aliphatic rings. The summed E-state index contributed by atoms with van der Waals surface area (Å²) in [6.45, 7) is 0. The molecule has 0 unspecified atom stereocenters. The van der Waals surface area contributed by atoms with Gasteiger partial charge in [-0.1, -0.05) is 6.07 Å². The highest BCUT2D eigenvalue weighted by Crippen LogP contribution is 2.23. The summed E-state index contributed by atoms with van der Waals surface area (Å²) in [4.78, 5) is 0. The fourth-order valence-electron chi connectivity index (χ4n) is 1.58. The maximum Gasteiger partial charge on any atom is 0.143 e. The quantitative estimate of drug-likeness (QED) is 0.894. The van der Waals surface area contributed by atoms with Crippen LogP contribution in [0.4, 0.5) is 20.2 Å². The first-order valence-corrected chi connectivity index (χ1v) is 5.31. The number of anilines is 2. The number of hydrogen-bond acceptors (Lipinski definition) is 3. The maximum atomic E-state index is 13.4. The van der Waals surface area contributed by atoms with Crippen molar-refractivity contribution in [3.8, 4) is 12.1 Å². The minimum absolute atomic E-state index is 0.0784. The van der Waals surface area contributed by atoms with Crippen molar-refractivity contribution in [3.05, 3.63) is 59.2 Å². The largest absolute Gasteiger partial charge is 0.354 e. The van der Waals surface area contributed by atoms with Gasteiger partial charge in [0.1, 0.15) is 29.3 Å². The van der Waals surface area contributed by atoms with Gasteiger partial charge in [0, 0.05) is 5.69 Å². The second-order valence-corrected chi connectivity index (χ2v) is 3.71. The molecule has 0 atom stereocenters. The molecular weight excluding hydrogens is 248 g/mol. The molecule has 0 radical (unpaired) electrons. The monoisotopic (exact) mass is 255 g/mol. The second-order valence-electron chi connectivity index (χ2n) is 3.71. The van der Waals surface area contributed by atoms with Gasteiger partial charge >= 0.3 is 0 Å². The summed E-state index contributed by atoms with van der Waals surface area (Å²) in [5.41, 5.74) is 0.350. The standard InChI is InChI=1S/C14H7F2N3/c15-12-2-1-3-14(11(12)8-18)19-10-5-4-9(7-17)13(16)6-10/h1-6,19H. The highest BCUT2D eigenvalue weighted by molar-refractivity contribution is 5.67. The van der Waals surface area contributed by atoms with Gasteiger partial charge in [-0.15, -0.1) is 0 Å². The summed E-state index contributed by atoms with van der Waals surface area (Å²) in [7, 11) is 0. The zero-order valence-electron chi connectivity index (χ0n) is 9.61. The van der Waals surface area contributed by atoms with Crippen LogP contribution in [0.1, 0.15) is 11.1 Å². The molecule has 2 aromatic carbocycles. The Hall–Kier alpha value is -2.92. The van der Waals surface area contributed by atoms with Gasteiger partial charge in [0.25, 0.3) is 0 Å². The van der Waals surface area contributed by atoms with Crippen molar-refractivity contribution in [3.63, 3.8) is 0 Å². The van der Waals surface area contributed by atoms with Gasteiger partial charge in [-0.25, -0.2) is 8.78 Å². The minimum Gasteiger partial charge on any atom is -0.354 e. The number of halogens is 2. The van der Waals surface area contributed by atoms with Gasteiger partial charge < -0.3 is 5.32 Å². The molecule has 5 heteroatoms. The molecule has 0 aliphatic carbocycles. The van der Waals surface area contributed by atoms with E-state index in [0.29, 0.717) is 5.69 Å². The molecular formula is C14H7F2N3. The van der Waals surface area contributed by atoms with Crippen LogP contribution < -0.4 is 5.32 Å². The van der Waals surface area contributed by atoms with E-state index in [4.69, 9.17) is 10.5 Å². The van der Waals surface area contributed by atoms with Crippen LogP contribution in [0.15, 0.2) is 36.4 Å². The lowest BCUT2D eigenvalue weighted by Gasteiger charge is -2.09. The van der Waals surface area contributed by atoms with Gasteiger partial charge in [0.05, 0.1) is 11.3 Å². The van der Waals surface area contributed by atoms with Crippen molar-refractivity contribution in [2.24, 2.45) is 0 Å². The van der Waals surface area contributed by atoms with E-state index in [2.05, 4.69) is 5.32 Å². The summed E-state index contributed by atoms with van der Waals surface area (Å²) in [6.07, 6.45) is 0. The second kappa shape index (κ2) is 5.16. The zero-order chi connectivity index (χ0) is 13.8. The minimum atomic E-state index is -0.678. The summed E-state index contributed by atoms with van der Waals surface area (Å²) >= 11 is 0. The highest BCUT2D eigenvalue weighted by Gasteiger charge is 2.09. The van der Waals surface area contributed by atoms with Crippen LogP contribution in [0.3, 0.4) is 0 Å². The van der Waals surface area contributed by atoms with Gasteiger partial charge in [-0.2, -0.15) is 10.5 Å². The van der Waals surface area contributed by atoms with E-state index in [0.717, 1.165) is 6.07 Å². The Bertz CT molecular complexity index is 712. The van der Waals surface area contributed by atoms with Crippen LogP contribution in [0.25, 0.3) is 0 Å². The molecule has 0 spiro atoms. The number of nitrogens with zero attached hydrogens (tertiary/aromatic N) is 2. The molecule has 0 aliphatic heterocycles. The molecule has 0 saturated carbocycles.